The SMILES string of the molecule is CC(C)COCCN1CC(CBr)OCC1C. The lowest BCUT2D eigenvalue weighted by Gasteiger charge is -2.37. The Morgan fingerprint density at radius 3 is 2.88 bits per heavy atom. The van der Waals surface area contributed by atoms with Gasteiger partial charge in [0.25, 0.3) is 0 Å². The maximum atomic E-state index is 5.68. The first kappa shape index (κ1) is 14.4. The van der Waals surface area contributed by atoms with Gasteiger partial charge in [0.15, 0.2) is 0 Å². The Balaban J connectivity index is 2.18. The van der Waals surface area contributed by atoms with Crippen molar-refractivity contribution in [3.63, 3.8) is 0 Å². The number of halogens is 1. The maximum absolute atomic E-state index is 5.68. The van der Waals surface area contributed by atoms with Gasteiger partial charge in [-0.05, 0) is 12.8 Å². The van der Waals surface area contributed by atoms with E-state index in [9.17, 15) is 0 Å². The van der Waals surface area contributed by atoms with Crippen molar-refractivity contribution in [2.24, 2.45) is 5.92 Å². The van der Waals surface area contributed by atoms with Crippen molar-refractivity contribution in [3.8, 4) is 0 Å². The molecule has 0 radical (unpaired) electrons. The summed E-state index contributed by atoms with van der Waals surface area (Å²) >= 11 is 3.48. The predicted molar refractivity (Wildman–Crippen MR) is 70.2 cm³/mol. The molecule has 3 nitrogen and oxygen atoms in total. The van der Waals surface area contributed by atoms with Crippen LogP contribution in [0.2, 0.25) is 0 Å². The van der Waals surface area contributed by atoms with Crippen LogP contribution >= 0.6 is 15.9 Å². The minimum Gasteiger partial charge on any atom is -0.380 e. The number of alkyl halides is 1. The van der Waals surface area contributed by atoms with Crippen LogP contribution in [0.25, 0.3) is 0 Å². The van der Waals surface area contributed by atoms with Gasteiger partial charge in [-0.15, -0.1) is 0 Å². The highest BCUT2D eigenvalue weighted by molar-refractivity contribution is 9.09. The highest BCUT2D eigenvalue weighted by atomic mass is 79.9. The van der Waals surface area contributed by atoms with Crippen LogP contribution in [0.5, 0.6) is 0 Å². The number of hydrogen-bond acceptors (Lipinski definition) is 3. The maximum Gasteiger partial charge on any atom is 0.0799 e. The lowest BCUT2D eigenvalue weighted by atomic mass is 10.2. The van der Waals surface area contributed by atoms with E-state index < -0.39 is 0 Å². The van der Waals surface area contributed by atoms with Crippen LogP contribution in [-0.2, 0) is 9.47 Å². The third-order valence-corrected chi connectivity index (χ3v) is 3.50. The fraction of sp³-hybridized carbons (Fsp3) is 1.00. The molecule has 1 saturated heterocycles. The van der Waals surface area contributed by atoms with Crippen LogP contribution in [0, 0.1) is 5.92 Å². The van der Waals surface area contributed by atoms with Crippen molar-refractivity contribution >= 4 is 15.9 Å². The van der Waals surface area contributed by atoms with Crippen molar-refractivity contribution in [2.75, 3.05) is 38.2 Å². The second-order valence-corrected chi connectivity index (χ2v) is 5.57. The fourth-order valence-electron chi connectivity index (χ4n) is 1.78. The molecule has 0 bridgehead atoms. The first-order valence-corrected chi connectivity index (χ1v) is 7.25. The van der Waals surface area contributed by atoms with E-state index in [4.69, 9.17) is 9.47 Å². The first-order valence-electron chi connectivity index (χ1n) is 6.12. The molecule has 0 spiro atoms. The van der Waals surface area contributed by atoms with Crippen molar-refractivity contribution in [1.82, 2.24) is 4.90 Å². The summed E-state index contributed by atoms with van der Waals surface area (Å²) in [6.45, 7) is 11.1. The van der Waals surface area contributed by atoms with Crippen LogP contribution in [0.4, 0.5) is 0 Å². The molecule has 1 fully saturated rings. The molecule has 2 atom stereocenters. The average molecular weight is 294 g/mol. The highest BCUT2D eigenvalue weighted by Crippen LogP contribution is 2.12. The van der Waals surface area contributed by atoms with E-state index in [0.29, 0.717) is 18.1 Å². The van der Waals surface area contributed by atoms with Gasteiger partial charge in [-0.3, -0.25) is 4.90 Å². The Labute approximate surface area is 108 Å². The molecule has 96 valence electrons. The summed E-state index contributed by atoms with van der Waals surface area (Å²) in [4.78, 5) is 2.45. The van der Waals surface area contributed by atoms with Gasteiger partial charge in [0.2, 0.25) is 0 Å². The Kier molecular flexibility index (Phi) is 6.89. The van der Waals surface area contributed by atoms with E-state index in [2.05, 4.69) is 41.6 Å². The molecule has 0 saturated carbocycles. The Morgan fingerprint density at radius 1 is 1.50 bits per heavy atom. The molecule has 1 aliphatic rings. The Morgan fingerprint density at radius 2 is 2.25 bits per heavy atom. The smallest absolute Gasteiger partial charge is 0.0799 e. The molecular weight excluding hydrogens is 270 g/mol. The standard InChI is InChI=1S/C12H24BrNO2/c1-10(2)8-15-5-4-14-7-12(6-13)16-9-11(14)3/h10-12H,4-9H2,1-3H3. The zero-order chi connectivity index (χ0) is 12.0. The second-order valence-electron chi connectivity index (χ2n) is 4.92. The fourth-order valence-corrected chi connectivity index (χ4v) is 2.17. The van der Waals surface area contributed by atoms with Crippen molar-refractivity contribution in [1.29, 1.82) is 0 Å². The number of nitrogens with zero attached hydrogens (tertiary/aromatic N) is 1. The van der Waals surface area contributed by atoms with Crippen LogP contribution < -0.4 is 0 Å². The van der Waals surface area contributed by atoms with Crippen molar-refractivity contribution in [2.45, 2.75) is 32.9 Å². The molecule has 2 unspecified atom stereocenters. The molecule has 0 N–H and O–H groups in total. The zero-order valence-corrected chi connectivity index (χ0v) is 12.2. The number of rotatable bonds is 6. The topological polar surface area (TPSA) is 21.7 Å². The Bertz CT molecular complexity index is 190. The second kappa shape index (κ2) is 7.64. The predicted octanol–water partition coefficient (Wildman–Crippen LogP) is 2.14. The quantitative estimate of drug-likeness (QED) is 0.553. The van der Waals surface area contributed by atoms with E-state index in [0.717, 1.165) is 38.2 Å². The molecule has 0 aromatic rings. The summed E-state index contributed by atoms with van der Waals surface area (Å²) in [6, 6.07) is 0.512. The number of morpholine rings is 1. The van der Waals surface area contributed by atoms with Crippen LogP contribution in [-0.4, -0.2) is 55.3 Å². The molecule has 1 heterocycles. The summed E-state index contributed by atoms with van der Waals surface area (Å²) in [6.07, 6.45) is 0.335. The largest absolute Gasteiger partial charge is 0.380 e. The summed E-state index contributed by atoms with van der Waals surface area (Å²) in [5.74, 6) is 0.623. The van der Waals surface area contributed by atoms with Crippen molar-refractivity contribution < 1.29 is 9.47 Å². The van der Waals surface area contributed by atoms with Gasteiger partial charge in [-0.2, -0.15) is 0 Å². The number of ether oxygens (including phenoxy) is 2. The summed E-state index contributed by atoms with van der Waals surface area (Å²) < 4.78 is 11.3. The average Bonchev–Trinajstić information content (AvgIpc) is 2.26. The highest BCUT2D eigenvalue weighted by Gasteiger charge is 2.24. The van der Waals surface area contributed by atoms with E-state index in [1.165, 1.54) is 0 Å². The van der Waals surface area contributed by atoms with E-state index in [-0.39, 0.29) is 0 Å². The molecule has 4 heteroatoms. The van der Waals surface area contributed by atoms with Gasteiger partial charge < -0.3 is 9.47 Å². The lowest BCUT2D eigenvalue weighted by molar-refractivity contribution is -0.0553. The van der Waals surface area contributed by atoms with Gasteiger partial charge in [0, 0.05) is 31.1 Å². The molecule has 0 aromatic heterocycles. The monoisotopic (exact) mass is 293 g/mol. The molecule has 0 aliphatic carbocycles. The van der Waals surface area contributed by atoms with Gasteiger partial charge in [-0.25, -0.2) is 0 Å². The van der Waals surface area contributed by atoms with Crippen LogP contribution in [0.1, 0.15) is 20.8 Å². The van der Waals surface area contributed by atoms with Gasteiger partial charge in [0.1, 0.15) is 0 Å². The van der Waals surface area contributed by atoms with Crippen molar-refractivity contribution in [3.05, 3.63) is 0 Å². The first-order chi connectivity index (χ1) is 7.63. The minimum absolute atomic E-state index is 0.335. The summed E-state index contributed by atoms with van der Waals surface area (Å²) in [5.41, 5.74) is 0. The van der Waals surface area contributed by atoms with E-state index in [1.807, 2.05) is 0 Å². The molecule has 16 heavy (non-hydrogen) atoms. The molecule has 0 amide bonds. The lowest BCUT2D eigenvalue weighted by Crippen LogP contribution is -2.49. The van der Waals surface area contributed by atoms with E-state index in [1.54, 1.807) is 0 Å². The van der Waals surface area contributed by atoms with Gasteiger partial charge >= 0.3 is 0 Å². The normalized spacial score (nSPS) is 27.6. The van der Waals surface area contributed by atoms with E-state index >= 15 is 0 Å². The summed E-state index contributed by atoms with van der Waals surface area (Å²) in [5, 5.41) is 0.920. The number of hydrogen-bond donors (Lipinski definition) is 0. The van der Waals surface area contributed by atoms with Gasteiger partial charge in [0.05, 0.1) is 19.3 Å². The molecule has 1 aliphatic heterocycles. The molecule has 1 rings (SSSR count). The minimum atomic E-state index is 0.335. The van der Waals surface area contributed by atoms with Gasteiger partial charge in [-0.1, -0.05) is 29.8 Å². The third-order valence-electron chi connectivity index (χ3n) is 2.78. The molecule has 0 aromatic carbocycles. The zero-order valence-electron chi connectivity index (χ0n) is 10.6. The third kappa shape index (κ3) is 5.13. The summed E-state index contributed by atoms with van der Waals surface area (Å²) in [7, 11) is 0. The molecular formula is C12H24BrNO2. The Hall–Kier alpha value is 0.360. The van der Waals surface area contributed by atoms with Crippen LogP contribution in [0.15, 0.2) is 0 Å². The van der Waals surface area contributed by atoms with Crippen LogP contribution in [0.3, 0.4) is 0 Å².